The highest BCUT2D eigenvalue weighted by Crippen LogP contribution is 2.24. The molecule has 0 aliphatic carbocycles. The fourth-order valence-corrected chi connectivity index (χ4v) is 2.73. The van der Waals surface area contributed by atoms with Gasteiger partial charge in [-0.05, 0) is 29.5 Å². The van der Waals surface area contributed by atoms with Gasteiger partial charge < -0.3 is 10.4 Å². The first-order valence-electron chi connectivity index (χ1n) is 6.58. The summed E-state index contributed by atoms with van der Waals surface area (Å²) in [6.45, 7) is 2.07. The van der Waals surface area contributed by atoms with Gasteiger partial charge in [-0.2, -0.15) is 0 Å². The summed E-state index contributed by atoms with van der Waals surface area (Å²) in [5.74, 6) is -1.06. The minimum absolute atomic E-state index is 0.0944. The van der Waals surface area contributed by atoms with Gasteiger partial charge in [0.1, 0.15) is 5.00 Å². The lowest BCUT2D eigenvalue weighted by molar-refractivity contribution is 0.0698. The van der Waals surface area contributed by atoms with E-state index < -0.39 is 12.0 Å². The summed E-state index contributed by atoms with van der Waals surface area (Å²) in [7, 11) is 0. The molecule has 0 aliphatic heterocycles. The van der Waals surface area contributed by atoms with Gasteiger partial charge in [-0.3, -0.25) is 5.32 Å². The van der Waals surface area contributed by atoms with Crippen molar-refractivity contribution in [3.05, 3.63) is 46.8 Å². The molecule has 5 nitrogen and oxygen atoms in total. The maximum Gasteiger partial charge on any atom is 0.338 e. The minimum atomic E-state index is -1.06. The van der Waals surface area contributed by atoms with E-state index in [0.29, 0.717) is 5.00 Å². The molecule has 0 aliphatic rings. The lowest BCUT2D eigenvalue weighted by Crippen LogP contribution is -2.20. The van der Waals surface area contributed by atoms with E-state index in [2.05, 4.69) is 17.6 Å². The van der Waals surface area contributed by atoms with Crippen LogP contribution in [-0.2, 0) is 6.42 Å². The van der Waals surface area contributed by atoms with Crippen molar-refractivity contribution >= 4 is 34.0 Å². The zero-order valence-electron chi connectivity index (χ0n) is 11.6. The number of carboxylic acid groups (broad SMARTS) is 1. The monoisotopic (exact) mass is 304 g/mol. The zero-order valence-corrected chi connectivity index (χ0v) is 12.4. The fraction of sp³-hybridized carbons (Fsp3) is 0.200. The van der Waals surface area contributed by atoms with Crippen molar-refractivity contribution in [2.45, 2.75) is 19.8 Å². The number of thiophene rings is 1. The second-order valence-electron chi connectivity index (χ2n) is 4.45. The third-order valence-electron chi connectivity index (χ3n) is 2.91. The molecule has 0 saturated heterocycles. The summed E-state index contributed by atoms with van der Waals surface area (Å²) >= 11 is 1.18. The summed E-state index contributed by atoms with van der Waals surface area (Å²) in [6.07, 6.45) is 1.85. The van der Waals surface area contributed by atoms with E-state index >= 15 is 0 Å². The van der Waals surface area contributed by atoms with Gasteiger partial charge in [0, 0.05) is 5.69 Å². The number of carbonyl (C=O) groups excluding carboxylic acids is 1. The number of hydrogen-bond donors (Lipinski definition) is 3. The summed E-state index contributed by atoms with van der Waals surface area (Å²) in [4.78, 5) is 23.0. The van der Waals surface area contributed by atoms with Crippen molar-refractivity contribution < 1.29 is 14.7 Å². The highest BCUT2D eigenvalue weighted by Gasteiger charge is 2.14. The minimum Gasteiger partial charge on any atom is -0.478 e. The molecule has 2 rings (SSSR count). The van der Waals surface area contributed by atoms with Crippen molar-refractivity contribution in [2.75, 3.05) is 10.6 Å². The smallest absolute Gasteiger partial charge is 0.338 e. The molecule has 0 radical (unpaired) electrons. The van der Waals surface area contributed by atoms with Gasteiger partial charge in [-0.25, -0.2) is 9.59 Å². The molecule has 0 bridgehead atoms. The standard InChI is InChI=1S/C15H16N2O3S/c1-2-5-10-6-3-4-7-12(10)16-15(20)17-13-11(14(18)19)8-9-21-13/h3-4,6-9H,2,5H2,1H3,(H,18,19)(H2,16,17,20). The van der Waals surface area contributed by atoms with E-state index in [4.69, 9.17) is 5.11 Å². The van der Waals surface area contributed by atoms with Crippen LogP contribution in [0.25, 0.3) is 0 Å². The number of aryl methyl sites for hydroxylation is 1. The molecule has 0 atom stereocenters. The van der Waals surface area contributed by atoms with Crippen molar-refractivity contribution in [3.8, 4) is 0 Å². The Labute approximate surface area is 126 Å². The van der Waals surface area contributed by atoms with Crippen molar-refractivity contribution in [1.29, 1.82) is 0 Å². The molecule has 0 spiro atoms. The molecule has 110 valence electrons. The summed E-state index contributed by atoms with van der Waals surface area (Å²) in [5.41, 5.74) is 1.89. The molecule has 6 heteroatoms. The number of urea groups is 1. The van der Waals surface area contributed by atoms with Crippen LogP contribution in [0, 0.1) is 0 Å². The lowest BCUT2D eigenvalue weighted by Gasteiger charge is -2.11. The number of benzene rings is 1. The van der Waals surface area contributed by atoms with Crippen LogP contribution in [0.4, 0.5) is 15.5 Å². The Bertz CT molecular complexity index is 652. The van der Waals surface area contributed by atoms with Gasteiger partial charge in [-0.1, -0.05) is 31.5 Å². The molecule has 1 aromatic heterocycles. The van der Waals surface area contributed by atoms with E-state index in [1.165, 1.54) is 17.4 Å². The van der Waals surface area contributed by atoms with Crippen LogP contribution in [0.1, 0.15) is 29.3 Å². The van der Waals surface area contributed by atoms with Gasteiger partial charge in [0.15, 0.2) is 0 Å². The van der Waals surface area contributed by atoms with E-state index in [1.807, 2.05) is 24.3 Å². The Morgan fingerprint density at radius 1 is 1.19 bits per heavy atom. The van der Waals surface area contributed by atoms with Crippen LogP contribution in [-0.4, -0.2) is 17.1 Å². The van der Waals surface area contributed by atoms with Crippen molar-refractivity contribution in [3.63, 3.8) is 0 Å². The van der Waals surface area contributed by atoms with Gasteiger partial charge in [0.05, 0.1) is 5.56 Å². The van der Waals surface area contributed by atoms with Crippen LogP contribution in [0.3, 0.4) is 0 Å². The number of anilines is 2. The first kappa shape index (κ1) is 15.1. The second kappa shape index (κ2) is 6.90. The van der Waals surface area contributed by atoms with Crippen molar-refractivity contribution in [1.82, 2.24) is 0 Å². The molecule has 1 aromatic carbocycles. The SMILES string of the molecule is CCCc1ccccc1NC(=O)Nc1sccc1C(=O)O. The van der Waals surface area contributed by atoms with Gasteiger partial charge in [-0.15, -0.1) is 11.3 Å². The van der Waals surface area contributed by atoms with Crippen LogP contribution in [0.5, 0.6) is 0 Å². The van der Waals surface area contributed by atoms with E-state index in [1.54, 1.807) is 5.38 Å². The van der Waals surface area contributed by atoms with Gasteiger partial charge in [0.25, 0.3) is 0 Å². The predicted molar refractivity (Wildman–Crippen MR) is 84.4 cm³/mol. The Morgan fingerprint density at radius 3 is 2.67 bits per heavy atom. The zero-order chi connectivity index (χ0) is 15.2. The number of aromatic carboxylic acids is 1. The van der Waals surface area contributed by atoms with Crippen molar-refractivity contribution in [2.24, 2.45) is 0 Å². The molecule has 2 amide bonds. The Hall–Kier alpha value is -2.34. The fourth-order valence-electron chi connectivity index (χ4n) is 1.96. The molecule has 0 unspecified atom stereocenters. The number of nitrogens with one attached hydrogen (secondary N) is 2. The number of hydrogen-bond acceptors (Lipinski definition) is 3. The average molecular weight is 304 g/mol. The third kappa shape index (κ3) is 3.82. The molecular weight excluding hydrogens is 288 g/mol. The molecule has 21 heavy (non-hydrogen) atoms. The highest BCUT2D eigenvalue weighted by atomic mass is 32.1. The average Bonchev–Trinajstić information content (AvgIpc) is 2.89. The molecule has 0 fully saturated rings. The summed E-state index contributed by atoms with van der Waals surface area (Å²) < 4.78 is 0. The Morgan fingerprint density at radius 2 is 1.95 bits per heavy atom. The highest BCUT2D eigenvalue weighted by molar-refractivity contribution is 7.14. The normalized spacial score (nSPS) is 10.1. The Balaban J connectivity index is 2.08. The Kier molecular flexibility index (Phi) is 4.94. The van der Waals surface area contributed by atoms with Gasteiger partial charge >= 0.3 is 12.0 Å². The third-order valence-corrected chi connectivity index (χ3v) is 3.74. The molecule has 3 N–H and O–H groups in total. The number of para-hydroxylation sites is 1. The number of rotatable bonds is 5. The first-order chi connectivity index (χ1) is 10.1. The van der Waals surface area contributed by atoms with E-state index in [9.17, 15) is 9.59 Å². The van der Waals surface area contributed by atoms with E-state index in [0.717, 1.165) is 24.1 Å². The molecular formula is C15H16N2O3S. The number of amides is 2. The maximum atomic E-state index is 12.0. The van der Waals surface area contributed by atoms with Crippen LogP contribution >= 0.6 is 11.3 Å². The topological polar surface area (TPSA) is 78.4 Å². The van der Waals surface area contributed by atoms with Crippen LogP contribution in [0.2, 0.25) is 0 Å². The van der Waals surface area contributed by atoms with Crippen LogP contribution < -0.4 is 10.6 Å². The maximum absolute atomic E-state index is 12.0. The lowest BCUT2D eigenvalue weighted by atomic mass is 10.1. The summed E-state index contributed by atoms with van der Waals surface area (Å²) in [6, 6.07) is 8.60. The number of carboxylic acids is 1. The number of carbonyl (C=O) groups is 2. The predicted octanol–water partition coefficient (Wildman–Crippen LogP) is 4.04. The van der Waals surface area contributed by atoms with E-state index in [-0.39, 0.29) is 5.56 Å². The second-order valence-corrected chi connectivity index (χ2v) is 5.37. The molecule has 2 aromatic rings. The summed E-state index contributed by atoms with van der Waals surface area (Å²) in [5, 5.41) is 16.3. The molecule has 0 saturated carbocycles. The quantitative estimate of drug-likeness (QED) is 0.780. The first-order valence-corrected chi connectivity index (χ1v) is 7.46. The molecule has 1 heterocycles. The van der Waals surface area contributed by atoms with Gasteiger partial charge in [0.2, 0.25) is 0 Å². The van der Waals surface area contributed by atoms with Crippen LogP contribution in [0.15, 0.2) is 35.7 Å². The largest absolute Gasteiger partial charge is 0.478 e.